The first kappa shape index (κ1) is 21.0. The van der Waals surface area contributed by atoms with Crippen molar-refractivity contribution in [1.29, 1.82) is 0 Å². The minimum absolute atomic E-state index is 0.143. The number of nitrogens with one attached hydrogen (secondary N) is 3. The van der Waals surface area contributed by atoms with Crippen LogP contribution < -0.4 is 20.1 Å². The number of hydrogen-bond donors (Lipinski definition) is 3. The number of allylic oxidation sites excluding steroid dienone is 1. The Labute approximate surface area is 199 Å². The SMILES string of the molecule is CNC(=O)Nc1ccc2c(c1)C(=O)/C(=C/c1c(-c3nc(C4CC4)no3)[nH]c3ccc(OC)cc13)O2. The lowest BCUT2D eigenvalue weighted by Crippen LogP contribution is -2.24. The normalized spacial score (nSPS) is 15.8. The first-order valence-electron chi connectivity index (χ1n) is 11.1. The van der Waals surface area contributed by atoms with Crippen LogP contribution in [0, 0.1) is 0 Å². The van der Waals surface area contributed by atoms with Crippen LogP contribution in [0.5, 0.6) is 11.5 Å². The number of aromatic amines is 1. The zero-order valence-corrected chi connectivity index (χ0v) is 19.0. The van der Waals surface area contributed by atoms with Crippen LogP contribution in [0.2, 0.25) is 0 Å². The minimum Gasteiger partial charge on any atom is -0.497 e. The standard InChI is InChI=1S/C25H21N5O5/c1-26-25(32)27-13-5-8-19-17(9-13)22(31)20(34-19)11-16-15-10-14(33-2)6-7-18(15)28-21(16)24-29-23(30-35-24)12-3-4-12/h5-12,28H,3-4H2,1-2H3,(H2,26,27,32)/b20-11-. The molecule has 4 aromatic rings. The summed E-state index contributed by atoms with van der Waals surface area (Å²) in [5.74, 6) is 2.29. The number of methoxy groups -OCH3 is 1. The van der Waals surface area contributed by atoms with Gasteiger partial charge in [0.2, 0.25) is 5.78 Å². The highest BCUT2D eigenvalue weighted by molar-refractivity contribution is 6.16. The fourth-order valence-corrected chi connectivity index (χ4v) is 4.07. The van der Waals surface area contributed by atoms with E-state index < -0.39 is 0 Å². The van der Waals surface area contributed by atoms with Crippen molar-refractivity contribution in [1.82, 2.24) is 20.4 Å². The van der Waals surface area contributed by atoms with Gasteiger partial charge in [0.1, 0.15) is 17.2 Å². The van der Waals surface area contributed by atoms with Crippen LogP contribution in [0.25, 0.3) is 28.6 Å². The molecule has 0 bridgehead atoms. The Balaban J connectivity index is 1.43. The quantitative estimate of drug-likeness (QED) is 0.366. The predicted octanol–water partition coefficient (Wildman–Crippen LogP) is 4.47. The zero-order chi connectivity index (χ0) is 24.1. The predicted molar refractivity (Wildman–Crippen MR) is 128 cm³/mol. The summed E-state index contributed by atoms with van der Waals surface area (Å²) in [6.45, 7) is 0. The van der Waals surface area contributed by atoms with Crippen LogP contribution in [0.4, 0.5) is 10.5 Å². The van der Waals surface area contributed by atoms with Gasteiger partial charge in [0.15, 0.2) is 11.6 Å². The average Bonchev–Trinajstić information content (AvgIpc) is 3.38. The first-order chi connectivity index (χ1) is 17.0. The van der Waals surface area contributed by atoms with E-state index in [1.54, 1.807) is 31.4 Å². The zero-order valence-electron chi connectivity index (χ0n) is 19.0. The number of ketones is 1. The molecule has 10 heteroatoms. The fraction of sp³-hybridized carbons (Fsp3) is 0.200. The second-order valence-corrected chi connectivity index (χ2v) is 8.41. The molecule has 6 rings (SSSR count). The van der Waals surface area contributed by atoms with E-state index in [9.17, 15) is 9.59 Å². The van der Waals surface area contributed by atoms with E-state index in [1.165, 1.54) is 7.05 Å². The smallest absolute Gasteiger partial charge is 0.318 e. The van der Waals surface area contributed by atoms with Crippen molar-refractivity contribution >= 4 is 34.5 Å². The number of fused-ring (bicyclic) bond motifs is 2. The molecule has 1 saturated carbocycles. The Hall–Kier alpha value is -4.60. The van der Waals surface area contributed by atoms with E-state index in [2.05, 4.69) is 25.8 Å². The maximum absolute atomic E-state index is 13.2. The lowest BCUT2D eigenvalue weighted by atomic mass is 10.1. The maximum Gasteiger partial charge on any atom is 0.318 e. The highest BCUT2D eigenvalue weighted by atomic mass is 16.5. The van der Waals surface area contributed by atoms with Crippen LogP contribution in [0.3, 0.4) is 0 Å². The number of benzene rings is 2. The molecule has 0 atom stereocenters. The van der Waals surface area contributed by atoms with Crippen molar-refractivity contribution in [3.05, 3.63) is 59.1 Å². The van der Waals surface area contributed by atoms with Crippen LogP contribution in [-0.4, -0.2) is 41.1 Å². The molecule has 0 unspecified atom stereocenters. The number of carbonyl (C=O) groups excluding carboxylic acids is 2. The monoisotopic (exact) mass is 471 g/mol. The number of aromatic nitrogens is 3. The van der Waals surface area contributed by atoms with Gasteiger partial charge < -0.3 is 29.6 Å². The van der Waals surface area contributed by atoms with Gasteiger partial charge in [0.05, 0.1) is 12.7 Å². The van der Waals surface area contributed by atoms with Crippen molar-refractivity contribution in [3.63, 3.8) is 0 Å². The van der Waals surface area contributed by atoms with Crippen molar-refractivity contribution < 1.29 is 23.6 Å². The summed E-state index contributed by atoms with van der Waals surface area (Å²) in [4.78, 5) is 32.8. The summed E-state index contributed by atoms with van der Waals surface area (Å²) in [7, 11) is 3.11. The summed E-state index contributed by atoms with van der Waals surface area (Å²) in [6, 6.07) is 10.1. The summed E-state index contributed by atoms with van der Waals surface area (Å²) in [5.41, 5.74) is 2.92. The second kappa shape index (κ2) is 8.01. The van der Waals surface area contributed by atoms with Crippen LogP contribution >= 0.6 is 0 Å². The Kier molecular flexibility index (Phi) is 4.80. The van der Waals surface area contributed by atoms with Gasteiger partial charge in [-0.25, -0.2) is 4.79 Å². The van der Waals surface area contributed by atoms with E-state index in [0.29, 0.717) is 51.6 Å². The molecule has 0 spiro atoms. The van der Waals surface area contributed by atoms with Gasteiger partial charge in [0.25, 0.3) is 5.89 Å². The largest absolute Gasteiger partial charge is 0.497 e. The summed E-state index contributed by atoms with van der Waals surface area (Å²) >= 11 is 0. The third kappa shape index (κ3) is 3.68. The molecule has 10 nitrogen and oxygen atoms in total. The summed E-state index contributed by atoms with van der Waals surface area (Å²) in [6.07, 6.45) is 3.77. The maximum atomic E-state index is 13.2. The molecule has 176 valence electrons. The molecule has 1 aliphatic heterocycles. The molecular formula is C25H21N5O5. The van der Waals surface area contributed by atoms with E-state index in [-0.39, 0.29) is 17.6 Å². The Morgan fingerprint density at radius 2 is 2.09 bits per heavy atom. The molecule has 1 fully saturated rings. The molecule has 1 aliphatic carbocycles. The van der Waals surface area contributed by atoms with E-state index in [0.717, 1.165) is 23.7 Å². The topological polar surface area (TPSA) is 131 Å². The van der Waals surface area contributed by atoms with Gasteiger partial charge in [-0.15, -0.1) is 0 Å². The number of ether oxygens (including phenoxy) is 2. The molecule has 2 aromatic heterocycles. The minimum atomic E-state index is -0.380. The third-order valence-electron chi connectivity index (χ3n) is 6.07. The number of carbonyl (C=O) groups is 2. The van der Waals surface area contributed by atoms with Gasteiger partial charge in [-0.3, -0.25) is 4.79 Å². The Morgan fingerprint density at radius 3 is 2.86 bits per heavy atom. The van der Waals surface area contributed by atoms with E-state index >= 15 is 0 Å². The molecule has 3 heterocycles. The Bertz CT molecular complexity index is 1530. The number of rotatable bonds is 5. The summed E-state index contributed by atoms with van der Waals surface area (Å²) < 4.78 is 16.9. The molecule has 3 N–H and O–H groups in total. The third-order valence-corrected chi connectivity index (χ3v) is 6.07. The highest BCUT2D eigenvalue weighted by Gasteiger charge is 2.31. The first-order valence-corrected chi connectivity index (χ1v) is 11.1. The molecule has 2 amide bonds. The molecule has 2 aromatic carbocycles. The van der Waals surface area contributed by atoms with E-state index in [4.69, 9.17) is 14.0 Å². The lowest BCUT2D eigenvalue weighted by molar-refractivity contribution is 0.101. The fourth-order valence-electron chi connectivity index (χ4n) is 4.07. The number of urea groups is 1. The number of nitrogens with zero attached hydrogens (tertiary/aromatic N) is 2. The summed E-state index contributed by atoms with van der Waals surface area (Å²) in [5, 5.41) is 10.1. The van der Waals surface area contributed by atoms with Crippen molar-refractivity contribution in [2.45, 2.75) is 18.8 Å². The van der Waals surface area contributed by atoms with Crippen molar-refractivity contribution in [3.8, 4) is 23.1 Å². The van der Waals surface area contributed by atoms with Gasteiger partial charge in [-0.05, 0) is 55.3 Å². The molecule has 0 radical (unpaired) electrons. The van der Waals surface area contributed by atoms with Gasteiger partial charge in [-0.2, -0.15) is 4.98 Å². The van der Waals surface area contributed by atoms with Crippen molar-refractivity contribution in [2.75, 3.05) is 19.5 Å². The van der Waals surface area contributed by atoms with Gasteiger partial charge in [-0.1, -0.05) is 5.16 Å². The van der Waals surface area contributed by atoms with E-state index in [1.807, 2.05) is 18.2 Å². The molecule has 0 saturated heterocycles. The highest BCUT2D eigenvalue weighted by Crippen LogP contribution is 2.41. The van der Waals surface area contributed by atoms with Crippen LogP contribution in [-0.2, 0) is 0 Å². The molecule has 2 aliphatic rings. The number of H-pyrrole nitrogens is 1. The van der Waals surface area contributed by atoms with Crippen LogP contribution in [0.15, 0.2) is 46.7 Å². The number of hydrogen-bond acceptors (Lipinski definition) is 7. The van der Waals surface area contributed by atoms with Crippen molar-refractivity contribution in [2.24, 2.45) is 0 Å². The number of amides is 2. The Morgan fingerprint density at radius 1 is 1.23 bits per heavy atom. The lowest BCUT2D eigenvalue weighted by Gasteiger charge is -2.04. The van der Waals surface area contributed by atoms with Gasteiger partial charge >= 0.3 is 6.03 Å². The van der Waals surface area contributed by atoms with Gasteiger partial charge in [0, 0.05) is 35.1 Å². The average molecular weight is 471 g/mol. The molecule has 35 heavy (non-hydrogen) atoms. The number of Topliss-reactive ketones (excluding diaryl/α,β-unsaturated/α-hetero) is 1. The van der Waals surface area contributed by atoms with Crippen LogP contribution in [0.1, 0.15) is 40.5 Å². The number of anilines is 1. The second-order valence-electron chi connectivity index (χ2n) is 8.41. The molecular weight excluding hydrogens is 450 g/mol.